The van der Waals surface area contributed by atoms with Crippen LogP contribution in [0.4, 0.5) is 17.1 Å². The maximum absolute atomic E-state index is 12.5. The molecule has 1 fully saturated rings. The Labute approximate surface area is 170 Å². The van der Waals surface area contributed by atoms with Gasteiger partial charge in [0.05, 0.1) is 15.6 Å². The molecule has 1 aliphatic rings. The molecule has 0 aromatic heterocycles. The van der Waals surface area contributed by atoms with Gasteiger partial charge in [-0.25, -0.2) is 0 Å². The number of carbonyl (C=O) groups is 1. The number of nitrogens with zero attached hydrogens (tertiary/aromatic N) is 1. The second kappa shape index (κ2) is 8.71. The molecule has 142 valence electrons. The zero-order valence-corrected chi connectivity index (χ0v) is 16.8. The third-order valence-corrected chi connectivity index (χ3v) is 5.39. The van der Waals surface area contributed by atoms with Crippen LogP contribution in [0.5, 0.6) is 0 Å². The lowest BCUT2D eigenvalue weighted by Gasteiger charge is -2.24. The number of hydrogen-bond acceptors (Lipinski definition) is 4. The molecule has 1 amide bonds. The molecule has 0 unspecified atom stereocenters. The highest BCUT2D eigenvalue weighted by atomic mass is 79.9. The molecule has 0 bridgehead atoms. The van der Waals surface area contributed by atoms with Gasteiger partial charge >= 0.3 is 0 Å². The summed E-state index contributed by atoms with van der Waals surface area (Å²) in [5, 5.41) is 17.6. The number of carbonyl (C=O) groups excluding carboxylic acids is 1. The molecule has 0 atom stereocenters. The first kappa shape index (κ1) is 19.6. The number of nitrogens with one attached hydrogen (secondary N) is 2. The number of nitro groups is 1. The Kier molecular flexibility index (Phi) is 6.34. The Morgan fingerprint density at radius 1 is 1.15 bits per heavy atom. The van der Waals surface area contributed by atoms with Gasteiger partial charge in [0, 0.05) is 22.1 Å². The average Bonchev–Trinajstić information content (AvgIpc) is 2.64. The number of anilines is 2. The van der Waals surface area contributed by atoms with Crippen LogP contribution in [0.3, 0.4) is 0 Å². The van der Waals surface area contributed by atoms with Crippen molar-refractivity contribution in [2.24, 2.45) is 0 Å². The normalized spacial score (nSPS) is 14.6. The molecule has 6 nitrogen and oxygen atoms in total. The smallest absolute Gasteiger partial charge is 0.293 e. The minimum absolute atomic E-state index is 0.0916. The van der Waals surface area contributed by atoms with Crippen molar-refractivity contribution >= 4 is 50.5 Å². The van der Waals surface area contributed by atoms with Gasteiger partial charge in [-0.3, -0.25) is 14.9 Å². The zero-order chi connectivity index (χ0) is 19.4. The van der Waals surface area contributed by atoms with Crippen LogP contribution < -0.4 is 10.6 Å². The summed E-state index contributed by atoms with van der Waals surface area (Å²) >= 11 is 9.53. The summed E-state index contributed by atoms with van der Waals surface area (Å²) < 4.78 is 0.782. The van der Waals surface area contributed by atoms with Crippen LogP contribution in [0.2, 0.25) is 5.02 Å². The molecule has 0 radical (unpaired) electrons. The molecule has 2 aromatic carbocycles. The van der Waals surface area contributed by atoms with E-state index >= 15 is 0 Å². The minimum atomic E-state index is -0.461. The molecule has 3 rings (SSSR count). The van der Waals surface area contributed by atoms with Crippen LogP contribution >= 0.6 is 27.5 Å². The van der Waals surface area contributed by atoms with Gasteiger partial charge in [-0.15, -0.1) is 0 Å². The number of nitro benzene ring substituents is 1. The van der Waals surface area contributed by atoms with E-state index in [1.54, 1.807) is 24.3 Å². The molecule has 8 heteroatoms. The molecule has 2 N–H and O–H groups in total. The minimum Gasteiger partial charge on any atom is -0.377 e. The second-order valence-electron chi connectivity index (χ2n) is 6.55. The van der Waals surface area contributed by atoms with E-state index in [1.165, 1.54) is 12.5 Å². The molecule has 1 aliphatic carbocycles. The van der Waals surface area contributed by atoms with Crippen molar-refractivity contribution in [3.8, 4) is 0 Å². The second-order valence-corrected chi connectivity index (χ2v) is 7.87. The van der Waals surface area contributed by atoms with Crippen molar-refractivity contribution in [3.05, 3.63) is 61.6 Å². The zero-order valence-electron chi connectivity index (χ0n) is 14.5. The van der Waals surface area contributed by atoms with E-state index in [-0.39, 0.29) is 22.7 Å². The molecular formula is C19H19BrClN3O3. The van der Waals surface area contributed by atoms with Gasteiger partial charge in [0.2, 0.25) is 0 Å². The highest BCUT2D eigenvalue weighted by molar-refractivity contribution is 9.10. The van der Waals surface area contributed by atoms with E-state index in [0.717, 1.165) is 30.2 Å². The van der Waals surface area contributed by atoms with Gasteiger partial charge in [0.1, 0.15) is 5.69 Å². The fraction of sp³-hybridized carbons (Fsp3) is 0.316. The summed E-state index contributed by atoms with van der Waals surface area (Å²) in [4.78, 5) is 23.5. The number of rotatable bonds is 5. The van der Waals surface area contributed by atoms with Gasteiger partial charge in [0.25, 0.3) is 11.6 Å². The van der Waals surface area contributed by atoms with Crippen molar-refractivity contribution in [2.75, 3.05) is 10.6 Å². The van der Waals surface area contributed by atoms with Crippen LogP contribution in [0.15, 0.2) is 40.9 Å². The summed E-state index contributed by atoms with van der Waals surface area (Å²) in [6, 6.07) is 9.96. The fourth-order valence-electron chi connectivity index (χ4n) is 3.22. The molecule has 0 heterocycles. The van der Waals surface area contributed by atoms with Crippen molar-refractivity contribution in [1.82, 2.24) is 0 Å². The van der Waals surface area contributed by atoms with E-state index in [2.05, 4.69) is 26.6 Å². The van der Waals surface area contributed by atoms with E-state index in [4.69, 9.17) is 11.6 Å². The van der Waals surface area contributed by atoms with Gasteiger partial charge in [-0.05, 0) is 37.1 Å². The Morgan fingerprint density at radius 2 is 1.89 bits per heavy atom. The number of benzene rings is 2. The van der Waals surface area contributed by atoms with Crippen LogP contribution in [0, 0.1) is 10.1 Å². The highest BCUT2D eigenvalue weighted by Crippen LogP contribution is 2.36. The summed E-state index contributed by atoms with van der Waals surface area (Å²) in [6.07, 6.45) is 5.34. The van der Waals surface area contributed by atoms with E-state index in [9.17, 15) is 14.9 Å². The van der Waals surface area contributed by atoms with Gasteiger partial charge in [0.15, 0.2) is 0 Å². The number of hydrogen-bond donors (Lipinski definition) is 2. The summed E-state index contributed by atoms with van der Waals surface area (Å²) in [6.45, 7) is 0. The van der Waals surface area contributed by atoms with E-state index in [0.29, 0.717) is 16.9 Å². The van der Waals surface area contributed by atoms with Crippen LogP contribution in [-0.4, -0.2) is 16.9 Å². The molecule has 27 heavy (non-hydrogen) atoms. The Morgan fingerprint density at radius 3 is 2.56 bits per heavy atom. The highest BCUT2D eigenvalue weighted by Gasteiger charge is 2.22. The van der Waals surface area contributed by atoms with Gasteiger partial charge < -0.3 is 10.6 Å². The monoisotopic (exact) mass is 451 g/mol. The largest absolute Gasteiger partial charge is 0.377 e. The van der Waals surface area contributed by atoms with Crippen molar-refractivity contribution in [2.45, 2.75) is 38.1 Å². The molecule has 0 spiro atoms. The molecule has 1 saturated carbocycles. The Bertz CT molecular complexity index is 869. The predicted molar refractivity (Wildman–Crippen MR) is 111 cm³/mol. The lowest BCUT2D eigenvalue weighted by molar-refractivity contribution is -0.384. The third-order valence-electron chi connectivity index (χ3n) is 4.58. The molecular weight excluding hydrogens is 434 g/mol. The quantitative estimate of drug-likeness (QED) is 0.430. The Balaban J connectivity index is 1.87. The van der Waals surface area contributed by atoms with Crippen LogP contribution in [-0.2, 0) is 0 Å². The summed E-state index contributed by atoms with van der Waals surface area (Å²) in [5.74, 6) is -0.337. The molecule has 0 aliphatic heterocycles. The lowest BCUT2D eigenvalue weighted by Crippen LogP contribution is -2.23. The number of amides is 1. The maximum Gasteiger partial charge on any atom is 0.293 e. The SMILES string of the molecule is O=C(Nc1cc(NC2CCCCC2)c([N+](=O)[O-])cc1Cl)c1cccc(Br)c1. The molecule has 0 saturated heterocycles. The topological polar surface area (TPSA) is 84.3 Å². The van der Waals surface area contributed by atoms with Crippen LogP contribution in [0.25, 0.3) is 0 Å². The summed E-state index contributed by atoms with van der Waals surface area (Å²) in [5.41, 5.74) is 1.08. The van der Waals surface area contributed by atoms with E-state index in [1.807, 2.05) is 6.07 Å². The van der Waals surface area contributed by atoms with Gasteiger partial charge in [-0.2, -0.15) is 0 Å². The van der Waals surface area contributed by atoms with Crippen molar-refractivity contribution < 1.29 is 9.72 Å². The van der Waals surface area contributed by atoms with Crippen molar-refractivity contribution in [3.63, 3.8) is 0 Å². The Hall–Kier alpha value is -2.12. The maximum atomic E-state index is 12.5. The first-order chi connectivity index (χ1) is 12.9. The predicted octanol–water partition coefficient (Wildman–Crippen LogP) is 6.01. The average molecular weight is 453 g/mol. The number of halogens is 2. The first-order valence-electron chi connectivity index (χ1n) is 8.75. The van der Waals surface area contributed by atoms with Crippen molar-refractivity contribution in [1.29, 1.82) is 0 Å². The van der Waals surface area contributed by atoms with Gasteiger partial charge in [-0.1, -0.05) is 52.9 Å². The third kappa shape index (κ3) is 4.99. The first-order valence-corrected chi connectivity index (χ1v) is 9.92. The van der Waals surface area contributed by atoms with Crippen LogP contribution in [0.1, 0.15) is 42.5 Å². The standard InChI is InChI=1S/C19H19BrClN3O3/c20-13-6-4-5-12(9-13)19(25)23-16-11-17(18(24(26)27)10-15(16)21)22-14-7-2-1-3-8-14/h4-6,9-11,14,22H,1-3,7-8H2,(H,23,25). The lowest BCUT2D eigenvalue weighted by atomic mass is 9.95. The molecule has 2 aromatic rings. The summed E-state index contributed by atoms with van der Waals surface area (Å²) in [7, 11) is 0. The fourth-order valence-corrected chi connectivity index (χ4v) is 3.82. The van der Waals surface area contributed by atoms with E-state index < -0.39 is 4.92 Å².